The number of anilines is 2. The highest BCUT2D eigenvalue weighted by molar-refractivity contribution is 5.86. The lowest BCUT2D eigenvalue weighted by Gasteiger charge is -2.37. The summed E-state index contributed by atoms with van der Waals surface area (Å²) in [6.45, 7) is 3.54. The van der Waals surface area contributed by atoms with Gasteiger partial charge in [-0.1, -0.05) is 66.7 Å². The maximum absolute atomic E-state index is 11.2. The molecule has 172 valence electrons. The van der Waals surface area contributed by atoms with Crippen LogP contribution < -0.4 is 15.0 Å². The third kappa shape index (κ3) is 4.61. The smallest absolute Gasteiger partial charge is 0.307 e. The van der Waals surface area contributed by atoms with Gasteiger partial charge in [0.1, 0.15) is 11.9 Å². The predicted octanol–water partition coefficient (Wildman–Crippen LogP) is 5.72. The van der Waals surface area contributed by atoms with Gasteiger partial charge < -0.3 is 20.1 Å². The lowest BCUT2D eigenvalue weighted by molar-refractivity contribution is -0.136. The molecule has 1 heterocycles. The van der Waals surface area contributed by atoms with Gasteiger partial charge in [0.05, 0.1) is 18.7 Å². The Morgan fingerprint density at radius 1 is 1.03 bits per heavy atom. The summed E-state index contributed by atoms with van der Waals surface area (Å²) in [6, 6.07) is 30.8. The molecule has 2 unspecified atom stereocenters. The van der Waals surface area contributed by atoms with Crippen molar-refractivity contribution in [2.45, 2.75) is 25.5 Å². The van der Waals surface area contributed by atoms with Gasteiger partial charge in [-0.15, -0.1) is 0 Å². The van der Waals surface area contributed by atoms with Crippen LogP contribution in [0, 0.1) is 0 Å². The number of rotatable bonds is 7. The maximum Gasteiger partial charge on any atom is 0.307 e. The number of para-hydroxylation sites is 2. The second-order valence-corrected chi connectivity index (χ2v) is 8.76. The standard InChI is InChI=1S/C29H28N2O3/c1-20(25-13-7-10-22-9-2-3-12-26(22)25)30-18-24-19-31(27-14-4-5-15-28(27)34-24)23-11-6-8-21(16-23)17-29(32)33/h2-16,20,24,30H,17-19H2,1H3,(H,32,33). The summed E-state index contributed by atoms with van der Waals surface area (Å²) in [5, 5.41) is 15.4. The van der Waals surface area contributed by atoms with Crippen molar-refractivity contribution < 1.29 is 14.6 Å². The van der Waals surface area contributed by atoms with Gasteiger partial charge in [0.15, 0.2) is 0 Å². The summed E-state index contributed by atoms with van der Waals surface area (Å²) < 4.78 is 6.35. The second-order valence-electron chi connectivity index (χ2n) is 8.76. The van der Waals surface area contributed by atoms with Gasteiger partial charge in [-0.25, -0.2) is 0 Å². The van der Waals surface area contributed by atoms with E-state index in [2.05, 4.69) is 59.6 Å². The van der Waals surface area contributed by atoms with Crippen molar-refractivity contribution in [2.75, 3.05) is 18.0 Å². The lowest BCUT2D eigenvalue weighted by atomic mass is 9.99. The van der Waals surface area contributed by atoms with Crippen molar-refractivity contribution in [1.29, 1.82) is 0 Å². The molecule has 1 aliphatic heterocycles. The molecule has 2 N–H and O–H groups in total. The molecule has 0 aliphatic carbocycles. The van der Waals surface area contributed by atoms with Gasteiger partial charge >= 0.3 is 5.97 Å². The van der Waals surface area contributed by atoms with E-state index in [4.69, 9.17) is 4.74 Å². The van der Waals surface area contributed by atoms with Crippen molar-refractivity contribution in [1.82, 2.24) is 5.32 Å². The first-order chi connectivity index (χ1) is 16.6. The van der Waals surface area contributed by atoms with Crippen LogP contribution >= 0.6 is 0 Å². The van der Waals surface area contributed by atoms with Crippen molar-refractivity contribution in [3.05, 3.63) is 102 Å². The van der Waals surface area contributed by atoms with Crippen LogP contribution in [-0.4, -0.2) is 30.3 Å². The molecular formula is C29H28N2O3. The normalized spacial score (nSPS) is 16.0. The highest BCUT2D eigenvalue weighted by Gasteiger charge is 2.27. The Morgan fingerprint density at radius 2 is 1.79 bits per heavy atom. The number of nitrogens with one attached hydrogen (secondary N) is 1. The fraction of sp³-hybridized carbons (Fsp3) is 0.207. The molecule has 4 aromatic rings. The zero-order valence-corrected chi connectivity index (χ0v) is 19.1. The summed E-state index contributed by atoms with van der Waals surface area (Å²) in [5.41, 5.74) is 4.02. The first-order valence-corrected chi connectivity index (χ1v) is 11.6. The average molecular weight is 453 g/mol. The van der Waals surface area contributed by atoms with Crippen molar-refractivity contribution >= 4 is 28.1 Å². The third-order valence-corrected chi connectivity index (χ3v) is 6.36. The van der Waals surface area contributed by atoms with Crippen molar-refractivity contribution in [3.8, 4) is 5.75 Å². The van der Waals surface area contributed by atoms with E-state index in [1.54, 1.807) is 0 Å². The molecule has 0 fully saturated rings. The van der Waals surface area contributed by atoms with E-state index >= 15 is 0 Å². The Morgan fingerprint density at radius 3 is 2.68 bits per heavy atom. The predicted molar refractivity (Wildman–Crippen MR) is 136 cm³/mol. The number of carbonyl (C=O) groups is 1. The second kappa shape index (κ2) is 9.57. The van der Waals surface area contributed by atoms with Gasteiger partial charge in [0, 0.05) is 18.3 Å². The number of carboxylic acid groups (broad SMARTS) is 1. The number of hydrogen-bond donors (Lipinski definition) is 2. The molecule has 4 aromatic carbocycles. The van der Waals surface area contributed by atoms with E-state index in [0.29, 0.717) is 13.1 Å². The van der Waals surface area contributed by atoms with Crippen LogP contribution in [0.25, 0.3) is 10.8 Å². The van der Waals surface area contributed by atoms with E-state index < -0.39 is 5.97 Å². The minimum atomic E-state index is -0.830. The molecule has 34 heavy (non-hydrogen) atoms. The molecule has 0 spiro atoms. The van der Waals surface area contributed by atoms with Gasteiger partial charge in [-0.2, -0.15) is 0 Å². The number of fused-ring (bicyclic) bond motifs is 2. The highest BCUT2D eigenvalue weighted by atomic mass is 16.5. The number of carboxylic acids is 1. The molecule has 0 aromatic heterocycles. The van der Waals surface area contributed by atoms with E-state index in [9.17, 15) is 9.90 Å². The molecular weight excluding hydrogens is 424 g/mol. The summed E-state index contributed by atoms with van der Waals surface area (Å²) in [4.78, 5) is 13.4. The van der Waals surface area contributed by atoms with E-state index in [1.807, 2.05) is 48.5 Å². The van der Waals surface area contributed by atoms with E-state index in [0.717, 1.165) is 22.7 Å². The van der Waals surface area contributed by atoms with Crippen LogP contribution in [0.1, 0.15) is 24.1 Å². The topological polar surface area (TPSA) is 61.8 Å². The largest absolute Gasteiger partial charge is 0.485 e. The fourth-order valence-electron chi connectivity index (χ4n) is 4.70. The minimum Gasteiger partial charge on any atom is -0.485 e. The minimum absolute atomic E-state index is 0.00730. The van der Waals surface area contributed by atoms with Gasteiger partial charge in [-0.05, 0) is 53.1 Å². The van der Waals surface area contributed by atoms with Crippen LogP contribution in [0.4, 0.5) is 11.4 Å². The van der Waals surface area contributed by atoms with Crippen LogP contribution in [0.2, 0.25) is 0 Å². The summed E-state index contributed by atoms with van der Waals surface area (Å²) >= 11 is 0. The molecule has 5 heteroatoms. The molecule has 0 bridgehead atoms. The third-order valence-electron chi connectivity index (χ3n) is 6.36. The van der Waals surface area contributed by atoms with E-state index in [1.165, 1.54) is 16.3 Å². The monoisotopic (exact) mass is 452 g/mol. The van der Waals surface area contributed by atoms with Gasteiger partial charge in [-0.3, -0.25) is 4.79 Å². The van der Waals surface area contributed by atoms with Crippen LogP contribution in [0.3, 0.4) is 0 Å². The molecule has 2 atom stereocenters. The Labute approximate surface area is 199 Å². The number of benzene rings is 4. The fourth-order valence-corrected chi connectivity index (χ4v) is 4.70. The number of hydrogen-bond acceptors (Lipinski definition) is 4. The zero-order valence-electron chi connectivity index (χ0n) is 19.1. The molecule has 1 aliphatic rings. The average Bonchev–Trinajstić information content (AvgIpc) is 2.86. The number of aliphatic carboxylic acids is 1. The Balaban J connectivity index is 1.36. The summed E-state index contributed by atoms with van der Waals surface area (Å²) in [7, 11) is 0. The Bertz CT molecular complexity index is 1310. The maximum atomic E-state index is 11.2. The van der Waals surface area contributed by atoms with Crippen LogP contribution in [-0.2, 0) is 11.2 Å². The first kappa shape index (κ1) is 22.0. The first-order valence-electron chi connectivity index (χ1n) is 11.6. The quantitative estimate of drug-likeness (QED) is 0.376. The molecule has 0 saturated heterocycles. The van der Waals surface area contributed by atoms with Gasteiger partial charge in [0.2, 0.25) is 0 Å². The highest BCUT2D eigenvalue weighted by Crippen LogP contribution is 2.38. The van der Waals surface area contributed by atoms with Crippen LogP contribution in [0.15, 0.2) is 91.0 Å². The molecule has 5 nitrogen and oxygen atoms in total. The van der Waals surface area contributed by atoms with Crippen molar-refractivity contribution in [2.24, 2.45) is 0 Å². The summed E-state index contributed by atoms with van der Waals surface area (Å²) in [6.07, 6.45) is -0.0525. The molecule has 5 rings (SSSR count). The van der Waals surface area contributed by atoms with E-state index in [-0.39, 0.29) is 18.6 Å². The van der Waals surface area contributed by atoms with Crippen molar-refractivity contribution in [3.63, 3.8) is 0 Å². The Hall–Kier alpha value is -3.83. The number of ether oxygens (including phenoxy) is 1. The number of nitrogens with zero attached hydrogens (tertiary/aromatic N) is 1. The SMILES string of the molecule is CC(NCC1CN(c2cccc(CC(=O)O)c2)c2ccccc2O1)c1cccc2ccccc12. The van der Waals surface area contributed by atoms with Crippen LogP contribution in [0.5, 0.6) is 5.75 Å². The van der Waals surface area contributed by atoms with Gasteiger partial charge in [0.25, 0.3) is 0 Å². The molecule has 0 amide bonds. The molecule has 0 saturated carbocycles. The Kier molecular flexibility index (Phi) is 6.19. The zero-order chi connectivity index (χ0) is 23.5. The molecule has 0 radical (unpaired) electrons. The summed E-state index contributed by atoms with van der Waals surface area (Å²) in [5.74, 6) is 0.00558. The lowest BCUT2D eigenvalue weighted by Crippen LogP contribution is -2.44.